The van der Waals surface area contributed by atoms with Crippen LogP contribution < -0.4 is 0 Å². The van der Waals surface area contributed by atoms with Crippen LogP contribution in [0.4, 0.5) is 0 Å². The van der Waals surface area contributed by atoms with Crippen LogP contribution in [0, 0.1) is 0 Å². The third kappa shape index (κ3) is 17.8. The van der Waals surface area contributed by atoms with E-state index in [2.05, 4.69) is 6.92 Å². The third-order valence-corrected chi connectivity index (χ3v) is 3.91. The Morgan fingerprint density at radius 3 is 1.57 bits per heavy atom. The molecule has 0 aromatic rings. The van der Waals surface area contributed by atoms with Crippen molar-refractivity contribution in [2.24, 2.45) is 0 Å². The quantitative estimate of drug-likeness (QED) is 0.390. The normalized spacial score (nSPS) is 12.7. The summed E-state index contributed by atoms with van der Waals surface area (Å²) < 4.78 is 5.28. The lowest BCUT2D eigenvalue weighted by molar-refractivity contribution is 0.00526. The summed E-state index contributed by atoms with van der Waals surface area (Å²) in [6.45, 7) is 3.02. The summed E-state index contributed by atoms with van der Waals surface area (Å²) in [5, 5.41) is 17.7. The van der Waals surface area contributed by atoms with Crippen LogP contribution in [0.15, 0.2) is 0 Å². The summed E-state index contributed by atoms with van der Waals surface area (Å²) in [4.78, 5) is 0. The molecule has 0 aromatic carbocycles. The number of rotatable bonds is 17. The van der Waals surface area contributed by atoms with Crippen molar-refractivity contribution in [2.75, 3.05) is 19.8 Å². The summed E-state index contributed by atoms with van der Waals surface area (Å²) in [6.07, 6.45) is 16.8. The molecule has 0 aliphatic heterocycles. The first-order chi connectivity index (χ1) is 10.3. The molecule has 0 saturated heterocycles. The molecule has 0 spiro atoms. The van der Waals surface area contributed by atoms with Gasteiger partial charge in [-0.15, -0.1) is 0 Å². The molecule has 0 heterocycles. The zero-order valence-corrected chi connectivity index (χ0v) is 14.2. The summed E-state index contributed by atoms with van der Waals surface area (Å²) in [6, 6.07) is 0. The van der Waals surface area contributed by atoms with E-state index in [0.29, 0.717) is 6.61 Å². The number of aliphatic hydroxyl groups excluding tert-OH is 2. The van der Waals surface area contributed by atoms with Crippen LogP contribution in [0.2, 0.25) is 0 Å². The second-order valence-electron chi connectivity index (χ2n) is 6.15. The molecule has 0 saturated carbocycles. The number of aliphatic hydroxyl groups is 2. The Kier molecular flexibility index (Phi) is 17.8. The first kappa shape index (κ1) is 20.9. The Balaban J connectivity index is 2.96. The van der Waals surface area contributed by atoms with Crippen LogP contribution in [-0.2, 0) is 4.74 Å². The molecule has 0 aromatic heterocycles. The Morgan fingerprint density at radius 1 is 0.714 bits per heavy atom. The largest absolute Gasteiger partial charge is 0.394 e. The first-order valence-electron chi connectivity index (χ1n) is 9.18. The number of ether oxygens (including phenoxy) is 1. The van der Waals surface area contributed by atoms with Crippen LogP contribution in [0.25, 0.3) is 0 Å². The summed E-state index contributed by atoms with van der Waals surface area (Å²) >= 11 is 0. The van der Waals surface area contributed by atoms with E-state index in [4.69, 9.17) is 14.9 Å². The van der Waals surface area contributed by atoms with Crippen LogP contribution in [0.3, 0.4) is 0 Å². The lowest BCUT2D eigenvalue weighted by Gasteiger charge is -2.08. The van der Waals surface area contributed by atoms with E-state index in [9.17, 15) is 0 Å². The highest BCUT2D eigenvalue weighted by molar-refractivity contribution is 4.50. The minimum absolute atomic E-state index is 0.210. The zero-order valence-electron chi connectivity index (χ0n) is 14.2. The maximum absolute atomic E-state index is 9.09. The van der Waals surface area contributed by atoms with Gasteiger partial charge >= 0.3 is 0 Å². The van der Waals surface area contributed by atoms with Gasteiger partial charge in [0.2, 0.25) is 0 Å². The van der Waals surface area contributed by atoms with Gasteiger partial charge in [0.25, 0.3) is 0 Å². The van der Waals surface area contributed by atoms with Gasteiger partial charge in [-0.2, -0.15) is 0 Å². The average molecular weight is 302 g/mol. The standard InChI is InChI=1S/C18H38O3/c1-2-3-4-5-6-7-8-9-10-11-12-13-14-15-21-17-18(20)16-19/h18-20H,2-17H2,1H3/t18-/m0/s1. The van der Waals surface area contributed by atoms with Crippen LogP contribution in [0.1, 0.15) is 90.4 Å². The molecule has 0 aliphatic rings. The van der Waals surface area contributed by atoms with Crippen LogP contribution in [0.5, 0.6) is 0 Å². The molecule has 21 heavy (non-hydrogen) atoms. The smallest absolute Gasteiger partial charge is 0.100 e. The lowest BCUT2D eigenvalue weighted by atomic mass is 10.0. The lowest BCUT2D eigenvalue weighted by Crippen LogP contribution is -2.19. The van der Waals surface area contributed by atoms with E-state index in [1.165, 1.54) is 77.0 Å². The Labute approximate surface area is 132 Å². The molecule has 0 bridgehead atoms. The van der Waals surface area contributed by atoms with Gasteiger partial charge in [-0.3, -0.25) is 0 Å². The first-order valence-corrected chi connectivity index (χ1v) is 9.18. The molecule has 2 N–H and O–H groups in total. The molecule has 0 unspecified atom stereocenters. The molecule has 1 atom stereocenters. The fourth-order valence-electron chi connectivity index (χ4n) is 2.49. The topological polar surface area (TPSA) is 49.7 Å². The molecule has 0 fully saturated rings. The molecule has 128 valence electrons. The molecular formula is C18H38O3. The zero-order chi connectivity index (χ0) is 15.6. The molecule has 0 amide bonds. The van der Waals surface area contributed by atoms with Crippen molar-refractivity contribution in [2.45, 2.75) is 96.5 Å². The SMILES string of the molecule is CCCCCCCCCCCCCCCOC[C@@H](O)CO. The van der Waals surface area contributed by atoms with E-state index >= 15 is 0 Å². The van der Waals surface area contributed by atoms with Crippen LogP contribution in [-0.4, -0.2) is 36.1 Å². The monoisotopic (exact) mass is 302 g/mol. The van der Waals surface area contributed by atoms with Crippen molar-refractivity contribution in [3.8, 4) is 0 Å². The third-order valence-electron chi connectivity index (χ3n) is 3.91. The minimum atomic E-state index is -0.716. The van der Waals surface area contributed by atoms with Gasteiger partial charge in [0.15, 0.2) is 0 Å². The molecule has 0 radical (unpaired) electrons. The van der Waals surface area contributed by atoms with Gasteiger partial charge in [0, 0.05) is 6.61 Å². The summed E-state index contributed by atoms with van der Waals surface area (Å²) in [7, 11) is 0. The number of hydrogen-bond donors (Lipinski definition) is 2. The molecule has 3 heteroatoms. The Hall–Kier alpha value is -0.120. The summed E-state index contributed by atoms with van der Waals surface area (Å²) in [5.74, 6) is 0. The maximum atomic E-state index is 9.09. The highest BCUT2D eigenvalue weighted by Gasteiger charge is 2.00. The van der Waals surface area contributed by atoms with Gasteiger partial charge in [0.05, 0.1) is 13.2 Å². The maximum Gasteiger partial charge on any atom is 0.100 e. The Morgan fingerprint density at radius 2 is 1.14 bits per heavy atom. The van der Waals surface area contributed by atoms with Crippen molar-refractivity contribution in [3.63, 3.8) is 0 Å². The van der Waals surface area contributed by atoms with E-state index in [1.54, 1.807) is 0 Å². The van der Waals surface area contributed by atoms with Gasteiger partial charge in [-0.1, -0.05) is 84.0 Å². The van der Waals surface area contributed by atoms with E-state index in [1.807, 2.05) is 0 Å². The van der Waals surface area contributed by atoms with Gasteiger partial charge in [-0.25, -0.2) is 0 Å². The highest BCUT2D eigenvalue weighted by atomic mass is 16.5. The van der Waals surface area contributed by atoms with E-state index in [0.717, 1.165) is 6.42 Å². The second kappa shape index (κ2) is 17.9. The molecular weight excluding hydrogens is 264 g/mol. The van der Waals surface area contributed by atoms with E-state index in [-0.39, 0.29) is 13.2 Å². The van der Waals surface area contributed by atoms with Crippen LogP contribution >= 0.6 is 0 Å². The molecule has 0 aliphatic carbocycles. The highest BCUT2D eigenvalue weighted by Crippen LogP contribution is 2.12. The minimum Gasteiger partial charge on any atom is -0.394 e. The number of hydrogen-bond acceptors (Lipinski definition) is 3. The van der Waals surface area contributed by atoms with E-state index < -0.39 is 6.10 Å². The fraction of sp³-hybridized carbons (Fsp3) is 1.00. The number of unbranched alkanes of at least 4 members (excludes halogenated alkanes) is 12. The van der Waals surface area contributed by atoms with Crippen molar-refractivity contribution < 1.29 is 14.9 Å². The van der Waals surface area contributed by atoms with Gasteiger partial charge in [0.1, 0.15) is 6.10 Å². The van der Waals surface area contributed by atoms with Gasteiger partial charge < -0.3 is 14.9 Å². The molecule has 3 nitrogen and oxygen atoms in total. The van der Waals surface area contributed by atoms with Crippen molar-refractivity contribution in [1.29, 1.82) is 0 Å². The predicted molar refractivity (Wildman–Crippen MR) is 89.6 cm³/mol. The predicted octanol–water partition coefficient (Wildman–Crippen LogP) is 4.45. The fourth-order valence-corrected chi connectivity index (χ4v) is 2.49. The Bertz CT molecular complexity index is 185. The summed E-state index contributed by atoms with van der Waals surface area (Å²) in [5.41, 5.74) is 0. The molecule has 0 rings (SSSR count). The second-order valence-corrected chi connectivity index (χ2v) is 6.15. The average Bonchev–Trinajstić information content (AvgIpc) is 2.50. The van der Waals surface area contributed by atoms with Crippen molar-refractivity contribution in [3.05, 3.63) is 0 Å². The van der Waals surface area contributed by atoms with Crippen molar-refractivity contribution in [1.82, 2.24) is 0 Å². The van der Waals surface area contributed by atoms with Crippen molar-refractivity contribution >= 4 is 0 Å². The van der Waals surface area contributed by atoms with Gasteiger partial charge in [-0.05, 0) is 6.42 Å².